The summed E-state index contributed by atoms with van der Waals surface area (Å²) < 4.78 is 39.4. The molecule has 32 heavy (non-hydrogen) atoms. The first kappa shape index (κ1) is 23.0. The van der Waals surface area contributed by atoms with Crippen molar-refractivity contribution in [3.63, 3.8) is 0 Å². The molecule has 0 spiro atoms. The molecule has 0 unspecified atom stereocenters. The summed E-state index contributed by atoms with van der Waals surface area (Å²) in [5.74, 6) is -1.12. The lowest BCUT2D eigenvalue weighted by atomic mass is 10.2. The lowest BCUT2D eigenvalue weighted by molar-refractivity contribution is -0.115. The molecule has 3 rings (SSSR count). The molecule has 0 aliphatic rings. The molecular weight excluding hydrogens is 433 g/mol. The summed E-state index contributed by atoms with van der Waals surface area (Å²) in [7, 11) is -3.93. The summed E-state index contributed by atoms with van der Waals surface area (Å²) in [6.07, 6.45) is 0. The fraction of sp³-hybridized carbons (Fsp3) is 0.130. The van der Waals surface area contributed by atoms with Crippen LogP contribution in [0.25, 0.3) is 0 Å². The van der Waals surface area contributed by atoms with E-state index in [1.807, 2.05) is 0 Å². The highest BCUT2D eigenvalue weighted by molar-refractivity contribution is 7.91. The number of sulfone groups is 1. The van der Waals surface area contributed by atoms with Gasteiger partial charge in [-0.05, 0) is 73.2 Å². The van der Waals surface area contributed by atoms with Crippen molar-refractivity contribution >= 4 is 38.7 Å². The molecular formula is C23H22FN3O4S. The molecule has 3 aromatic rings. The van der Waals surface area contributed by atoms with Crippen molar-refractivity contribution in [2.24, 2.45) is 0 Å². The molecule has 3 N–H and O–H groups in total. The van der Waals surface area contributed by atoms with Crippen LogP contribution in [0.3, 0.4) is 0 Å². The quantitative estimate of drug-likeness (QED) is 0.468. The number of nitrogens with one attached hydrogen (secondary N) is 3. The average molecular weight is 456 g/mol. The second kappa shape index (κ2) is 9.61. The fourth-order valence-electron chi connectivity index (χ4n) is 2.96. The summed E-state index contributed by atoms with van der Waals surface area (Å²) in [5, 5.41) is 8.19. The number of hydrogen-bond acceptors (Lipinski definition) is 5. The van der Waals surface area contributed by atoms with E-state index in [0.717, 1.165) is 17.7 Å². The number of carbonyl (C=O) groups excluding carboxylic acids is 2. The van der Waals surface area contributed by atoms with Crippen molar-refractivity contribution in [2.45, 2.75) is 23.6 Å². The van der Waals surface area contributed by atoms with E-state index in [0.29, 0.717) is 11.4 Å². The predicted octanol–water partition coefficient (Wildman–Crippen LogP) is 3.98. The Labute approximate surface area is 185 Å². The van der Waals surface area contributed by atoms with Gasteiger partial charge in [0.1, 0.15) is 5.82 Å². The number of carbonyl (C=O) groups is 2. The van der Waals surface area contributed by atoms with Gasteiger partial charge in [0.05, 0.1) is 22.0 Å². The lowest BCUT2D eigenvalue weighted by Crippen LogP contribution is -2.22. The first-order valence-corrected chi connectivity index (χ1v) is 11.2. The van der Waals surface area contributed by atoms with Gasteiger partial charge in [-0.15, -0.1) is 0 Å². The smallest absolute Gasteiger partial charge is 0.243 e. The molecule has 0 aliphatic heterocycles. The Hall–Kier alpha value is -3.72. The van der Waals surface area contributed by atoms with Gasteiger partial charge in [-0.2, -0.15) is 0 Å². The molecule has 0 aromatic heterocycles. The van der Waals surface area contributed by atoms with E-state index in [-0.39, 0.29) is 33.8 Å². The average Bonchev–Trinajstić information content (AvgIpc) is 2.74. The zero-order valence-electron chi connectivity index (χ0n) is 17.5. The van der Waals surface area contributed by atoms with E-state index in [2.05, 4.69) is 16.0 Å². The van der Waals surface area contributed by atoms with Crippen molar-refractivity contribution in [2.75, 3.05) is 22.5 Å². The van der Waals surface area contributed by atoms with Gasteiger partial charge in [0, 0.05) is 18.3 Å². The van der Waals surface area contributed by atoms with Crippen molar-refractivity contribution in [1.29, 1.82) is 0 Å². The van der Waals surface area contributed by atoms with E-state index in [1.165, 1.54) is 25.1 Å². The van der Waals surface area contributed by atoms with E-state index >= 15 is 0 Å². The van der Waals surface area contributed by atoms with Crippen molar-refractivity contribution in [1.82, 2.24) is 0 Å². The molecule has 7 nitrogen and oxygen atoms in total. The number of hydrogen-bond donors (Lipinski definition) is 3. The van der Waals surface area contributed by atoms with Crippen LogP contribution in [0.5, 0.6) is 0 Å². The summed E-state index contributed by atoms with van der Waals surface area (Å²) in [6, 6.07) is 16.0. The predicted molar refractivity (Wildman–Crippen MR) is 121 cm³/mol. The molecule has 9 heteroatoms. The van der Waals surface area contributed by atoms with Crippen LogP contribution in [0.1, 0.15) is 12.5 Å². The van der Waals surface area contributed by atoms with E-state index in [9.17, 15) is 22.4 Å². The highest BCUT2D eigenvalue weighted by Crippen LogP contribution is 2.29. The number of rotatable bonds is 7. The molecule has 0 heterocycles. The Kier molecular flexibility index (Phi) is 6.89. The third-order valence-corrected chi connectivity index (χ3v) is 6.29. The van der Waals surface area contributed by atoms with Gasteiger partial charge in [-0.1, -0.05) is 6.07 Å². The second-order valence-electron chi connectivity index (χ2n) is 7.12. The Bertz CT molecular complexity index is 1240. The Morgan fingerprint density at radius 2 is 1.47 bits per heavy atom. The number of aryl methyl sites for hydroxylation is 1. The minimum absolute atomic E-state index is 0.00318. The van der Waals surface area contributed by atoms with Gasteiger partial charge >= 0.3 is 0 Å². The van der Waals surface area contributed by atoms with E-state index < -0.39 is 15.7 Å². The molecule has 0 atom stereocenters. The largest absolute Gasteiger partial charge is 0.375 e. The molecule has 0 fully saturated rings. The zero-order valence-corrected chi connectivity index (χ0v) is 18.3. The molecule has 0 saturated carbocycles. The minimum atomic E-state index is -3.93. The van der Waals surface area contributed by atoms with E-state index in [4.69, 9.17) is 0 Å². The van der Waals surface area contributed by atoms with E-state index in [1.54, 1.807) is 43.3 Å². The number of amides is 2. The van der Waals surface area contributed by atoms with Gasteiger partial charge in [0.25, 0.3) is 0 Å². The van der Waals surface area contributed by atoms with Crippen LogP contribution < -0.4 is 16.0 Å². The van der Waals surface area contributed by atoms with Crippen molar-refractivity contribution in [3.8, 4) is 0 Å². The molecule has 2 amide bonds. The first-order valence-electron chi connectivity index (χ1n) is 9.68. The third kappa shape index (κ3) is 5.70. The highest BCUT2D eigenvalue weighted by Gasteiger charge is 2.22. The van der Waals surface area contributed by atoms with Crippen LogP contribution in [0.4, 0.5) is 21.5 Å². The maximum Gasteiger partial charge on any atom is 0.243 e. The molecule has 0 radical (unpaired) electrons. The van der Waals surface area contributed by atoms with Crippen LogP contribution in [0.15, 0.2) is 76.5 Å². The summed E-state index contributed by atoms with van der Waals surface area (Å²) in [4.78, 5) is 23.4. The van der Waals surface area contributed by atoms with Crippen LogP contribution in [0, 0.1) is 12.7 Å². The topological polar surface area (TPSA) is 104 Å². The normalized spacial score (nSPS) is 11.0. The molecule has 3 aromatic carbocycles. The zero-order chi connectivity index (χ0) is 23.3. The molecule has 0 aliphatic carbocycles. The maximum atomic E-state index is 13.2. The maximum absolute atomic E-state index is 13.2. The SMILES string of the molecule is CC(=O)Nc1ccc(NC(=O)CNc2ccc(C)cc2S(=O)(=O)c2ccc(F)cc2)cc1. The minimum Gasteiger partial charge on any atom is -0.375 e. The van der Waals surface area contributed by atoms with Gasteiger partial charge in [-0.3, -0.25) is 9.59 Å². The number of halogens is 1. The highest BCUT2D eigenvalue weighted by atomic mass is 32.2. The Morgan fingerprint density at radius 3 is 2.06 bits per heavy atom. The monoisotopic (exact) mass is 455 g/mol. The van der Waals surface area contributed by atoms with Crippen LogP contribution in [0.2, 0.25) is 0 Å². The number of anilines is 3. The fourth-order valence-corrected chi connectivity index (χ4v) is 4.48. The van der Waals surface area contributed by atoms with Gasteiger partial charge in [-0.25, -0.2) is 12.8 Å². The standard InChI is InChI=1S/C23H22FN3O4S/c1-15-3-12-21(22(13-15)32(30,31)20-10-4-17(24)5-11-20)25-14-23(29)27-19-8-6-18(7-9-19)26-16(2)28/h3-13,25H,14H2,1-2H3,(H,26,28)(H,27,29). The van der Waals surface area contributed by atoms with Gasteiger partial charge in [0.15, 0.2) is 0 Å². The van der Waals surface area contributed by atoms with Crippen LogP contribution in [-0.4, -0.2) is 26.8 Å². The first-order chi connectivity index (χ1) is 15.1. The Morgan fingerprint density at radius 1 is 0.875 bits per heavy atom. The van der Waals surface area contributed by atoms with Crippen LogP contribution >= 0.6 is 0 Å². The third-order valence-electron chi connectivity index (χ3n) is 4.48. The summed E-state index contributed by atoms with van der Waals surface area (Å²) >= 11 is 0. The molecule has 0 saturated heterocycles. The Balaban J connectivity index is 1.73. The molecule has 166 valence electrons. The van der Waals surface area contributed by atoms with Crippen molar-refractivity contribution in [3.05, 3.63) is 78.1 Å². The van der Waals surface area contributed by atoms with Crippen molar-refractivity contribution < 1.29 is 22.4 Å². The summed E-state index contributed by atoms with van der Waals surface area (Å²) in [6.45, 7) is 2.98. The number of benzene rings is 3. The van der Waals surface area contributed by atoms with Gasteiger partial charge < -0.3 is 16.0 Å². The van der Waals surface area contributed by atoms with Gasteiger partial charge in [0.2, 0.25) is 21.7 Å². The summed E-state index contributed by atoms with van der Waals surface area (Å²) in [5.41, 5.74) is 2.11. The molecule has 0 bridgehead atoms. The lowest BCUT2D eigenvalue weighted by Gasteiger charge is -2.14. The van der Waals surface area contributed by atoms with Crippen LogP contribution in [-0.2, 0) is 19.4 Å². The second-order valence-corrected chi connectivity index (χ2v) is 9.04.